The predicted molar refractivity (Wildman–Crippen MR) is 166 cm³/mol. The number of ether oxygens (including phenoxy) is 1. The molecule has 4 aliphatic heterocycles. The van der Waals surface area contributed by atoms with E-state index >= 15 is 0 Å². The van der Waals surface area contributed by atoms with Gasteiger partial charge in [0.25, 0.3) is 0 Å². The van der Waals surface area contributed by atoms with Crippen molar-refractivity contribution in [2.24, 2.45) is 27.1 Å². The van der Waals surface area contributed by atoms with Crippen LogP contribution in [0.25, 0.3) is 0 Å². The molecule has 0 amide bonds. The van der Waals surface area contributed by atoms with E-state index in [4.69, 9.17) is 10.5 Å². The molecule has 0 spiro atoms. The molecule has 0 aromatic carbocycles. The summed E-state index contributed by atoms with van der Waals surface area (Å²) in [4.78, 5) is 17.3. The summed E-state index contributed by atoms with van der Waals surface area (Å²) >= 11 is 0. The van der Waals surface area contributed by atoms with Gasteiger partial charge in [-0.15, -0.1) is 0 Å². The second-order valence-electron chi connectivity index (χ2n) is 13.5. The number of amidine groups is 1. The number of alkyl halides is 3. The van der Waals surface area contributed by atoms with Crippen molar-refractivity contribution in [1.82, 2.24) is 29.9 Å². The SMILES string of the molecule is NCC1(Cn2cc(C3N=CN=C4NC=CC43)cn2)CC(N2CCC(Oc3cc(CN4CCC[C@H]4CO)cc(C(F)(F)F)n3)CC2)C1. The fourth-order valence-electron chi connectivity index (χ4n) is 7.81. The molecule has 4 N–H and O–H groups in total. The fraction of sp³-hybridized carbons (Fsp3) is 0.625. The van der Waals surface area contributed by atoms with Crippen molar-refractivity contribution in [1.29, 1.82) is 0 Å². The van der Waals surface area contributed by atoms with Gasteiger partial charge >= 0.3 is 6.18 Å². The zero-order valence-corrected chi connectivity index (χ0v) is 25.8. The number of aliphatic hydroxyl groups is 1. The van der Waals surface area contributed by atoms with Crippen LogP contribution in [0.3, 0.4) is 0 Å². The monoisotopic (exact) mass is 641 g/mol. The first-order valence-electron chi connectivity index (χ1n) is 16.3. The first-order valence-corrected chi connectivity index (χ1v) is 16.3. The van der Waals surface area contributed by atoms with E-state index in [-0.39, 0.29) is 42.0 Å². The number of aliphatic hydroxyl groups excluding tert-OH is 1. The molecule has 7 rings (SSSR count). The average Bonchev–Trinajstić information content (AvgIpc) is 3.80. The van der Waals surface area contributed by atoms with E-state index < -0.39 is 11.9 Å². The van der Waals surface area contributed by atoms with Gasteiger partial charge in [0, 0.05) is 61.5 Å². The van der Waals surface area contributed by atoms with Crippen LogP contribution in [0.4, 0.5) is 13.2 Å². The molecule has 2 aromatic rings. The lowest BCUT2D eigenvalue weighted by Gasteiger charge is -2.52. The third-order valence-electron chi connectivity index (χ3n) is 10.4. The van der Waals surface area contributed by atoms with E-state index in [9.17, 15) is 18.3 Å². The maximum absolute atomic E-state index is 13.7. The lowest BCUT2D eigenvalue weighted by Crippen LogP contribution is -2.57. The molecule has 248 valence electrons. The summed E-state index contributed by atoms with van der Waals surface area (Å²) in [6.07, 6.45) is 9.96. The molecule has 0 bridgehead atoms. The summed E-state index contributed by atoms with van der Waals surface area (Å²) in [5, 5.41) is 17.5. The third kappa shape index (κ3) is 6.44. The van der Waals surface area contributed by atoms with E-state index in [0.29, 0.717) is 24.7 Å². The molecule has 3 fully saturated rings. The number of aliphatic imine (C=N–C) groups is 2. The minimum absolute atomic E-state index is 0.0000638. The number of pyridine rings is 1. The number of likely N-dealkylation sites (tertiary alicyclic amines) is 2. The van der Waals surface area contributed by atoms with Crippen LogP contribution >= 0.6 is 0 Å². The Balaban J connectivity index is 0.925. The largest absolute Gasteiger partial charge is 0.474 e. The number of hydrogen-bond donors (Lipinski definition) is 3. The van der Waals surface area contributed by atoms with Crippen LogP contribution in [-0.4, -0.2) is 92.8 Å². The van der Waals surface area contributed by atoms with E-state index in [2.05, 4.69) is 42.6 Å². The molecule has 5 aliphatic rings. The molecule has 2 saturated heterocycles. The zero-order valence-electron chi connectivity index (χ0n) is 25.8. The highest BCUT2D eigenvalue weighted by Gasteiger charge is 2.47. The number of nitrogens with zero attached hydrogens (tertiary/aromatic N) is 7. The number of hydrogen-bond acceptors (Lipinski definition) is 10. The average molecular weight is 642 g/mol. The minimum Gasteiger partial charge on any atom is -0.474 e. The molecule has 1 saturated carbocycles. The second kappa shape index (κ2) is 12.7. The van der Waals surface area contributed by atoms with Gasteiger partial charge in [0.05, 0.1) is 24.8 Å². The van der Waals surface area contributed by atoms with Crippen molar-refractivity contribution >= 4 is 12.2 Å². The van der Waals surface area contributed by atoms with Crippen LogP contribution < -0.4 is 15.8 Å². The number of aromatic nitrogens is 3. The lowest BCUT2D eigenvalue weighted by atomic mass is 9.64. The quantitative estimate of drug-likeness (QED) is 0.361. The molecule has 6 heterocycles. The molecular weight excluding hydrogens is 599 g/mol. The number of nitrogens with one attached hydrogen (secondary N) is 1. The first kappa shape index (κ1) is 31.3. The Hall–Kier alpha value is -3.33. The van der Waals surface area contributed by atoms with E-state index in [1.165, 1.54) is 0 Å². The maximum Gasteiger partial charge on any atom is 0.433 e. The van der Waals surface area contributed by atoms with Crippen molar-refractivity contribution in [3.8, 4) is 5.88 Å². The molecule has 46 heavy (non-hydrogen) atoms. The smallest absolute Gasteiger partial charge is 0.433 e. The summed E-state index contributed by atoms with van der Waals surface area (Å²) in [6, 6.07) is 3.07. The fourth-order valence-corrected chi connectivity index (χ4v) is 7.81. The molecule has 11 nitrogen and oxygen atoms in total. The second-order valence-corrected chi connectivity index (χ2v) is 13.5. The molecule has 14 heteroatoms. The van der Waals surface area contributed by atoms with Gasteiger partial charge in [-0.05, 0) is 69.4 Å². The topological polar surface area (TPSA) is 129 Å². The highest BCUT2D eigenvalue weighted by Crippen LogP contribution is 2.45. The Bertz CT molecular complexity index is 1480. The Morgan fingerprint density at radius 3 is 2.72 bits per heavy atom. The van der Waals surface area contributed by atoms with Gasteiger partial charge in [-0.2, -0.15) is 18.3 Å². The van der Waals surface area contributed by atoms with Crippen LogP contribution in [0.5, 0.6) is 5.88 Å². The van der Waals surface area contributed by atoms with E-state index in [1.807, 2.05) is 22.0 Å². The Morgan fingerprint density at radius 1 is 1.13 bits per heavy atom. The zero-order chi connectivity index (χ0) is 31.9. The van der Waals surface area contributed by atoms with Crippen molar-refractivity contribution in [3.05, 3.63) is 53.6 Å². The standard InChI is InChI=1S/C32H42F3N9O2/c33-32(34,35)27-10-21(15-43-7-1-2-23(43)17-45)11-28(41-27)46-25-4-8-42(9-5-25)24-12-31(13-24,18-36)19-44-16-22(14-40-44)29-26-3-6-37-30(26)39-20-38-29/h3,6,10-11,14,16,20,23-26,29,45H,1-2,4-5,7-9,12-13,15,17-19,36H2,(H,37,38,39)/t23-,24?,26?,29?,31?/m0/s1. The lowest BCUT2D eigenvalue weighted by molar-refractivity contribution is -0.141. The third-order valence-corrected chi connectivity index (χ3v) is 10.4. The highest BCUT2D eigenvalue weighted by molar-refractivity contribution is 5.96. The molecule has 0 radical (unpaired) electrons. The van der Waals surface area contributed by atoms with Crippen LogP contribution in [0, 0.1) is 11.3 Å². The van der Waals surface area contributed by atoms with Crippen molar-refractivity contribution in [3.63, 3.8) is 0 Å². The highest BCUT2D eigenvalue weighted by atomic mass is 19.4. The van der Waals surface area contributed by atoms with E-state index in [0.717, 1.165) is 82.2 Å². The Labute approximate surface area is 266 Å². The molecular formula is C32H42F3N9O2. The number of rotatable bonds is 10. The first-order chi connectivity index (χ1) is 22.2. The summed E-state index contributed by atoms with van der Waals surface area (Å²) in [7, 11) is 0. The van der Waals surface area contributed by atoms with Gasteiger partial charge < -0.3 is 25.8 Å². The van der Waals surface area contributed by atoms with Crippen LogP contribution in [0.1, 0.15) is 61.4 Å². The van der Waals surface area contributed by atoms with Gasteiger partial charge in [0.1, 0.15) is 24.0 Å². The maximum atomic E-state index is 13.7. The van der Waals surface area contributed by atoms with Crippen molar-refractivity contribution in [2.75, 3.05) is 32.8 Å². The van der Waals surface area contributed by atoms with Crippen LogP contribution in [-0.2, 0) is 19.3 Å². The summed E-state index contributed by atoms with van der Waals surface area (Å²) in [5.74, 6) is 1.04. The summed E-state index contributed by atoms with van der Waals surface area (Å²) in [5.41, 5.74) is 6.91. The molecule has 3 atom stereocenters. The summed E-state index contributed by atoms with van der Waals surface area (Å²) < 4.78 is 49.3. The van der Waals surface area contributed by atoms with Crippen LogP contribution in [0.15, 0.2) is 46.8 Å². The Kier molecular flexibility index (Phi) is 8.64. The predicted octanol–water partition coefficient (Wildman–Crippen LogP) is 3.12. The van der Waals surface area contributed by atoms with Gasteiger partial charge in [0.15, 0.2) is 0 Å². The number of piperidine rings is 1. The number of nitrogens with two attached hydrogens (primary N) is 1. The van der Waals surface area contributed by atoms with E-state index in [1.54, 1.807) is 12.4 Å². The minimum atomic E-state index is -4.57. The summed E-state index contributed by atoms with van der Waals surface area (Å²) in [6.45, 7) is 4.02. The van der Waals surface area contributed by atoms with Gasteiger partial charge in [-0.3, -0.25) is 14.6 Å². The van der Waals surface area contributed by atoms with Crippen molar-refractivity contribution in [2.45, 2.75) is 82.0 Å². The van der Waals surface area contributed by atoms with Gasteiger partial charge in [0.2, 0.25) is 5.88 Å². The molecule has 1 aliphatic carbocycles. The number of fused-ring (bicyclic) bond motifs is 1. The normalized spacial score (nSPS) is 30.2. The molecule has 2 unspecified atom stereocenters. The molecule has 2 aromatic heterocycles. The van der Waals surface area contributed by atoms with Gasteiger partial charge in [-0.1, -0.05) is 6.08 Å². The van der Waals surface area contributed by atoms with Crippen LogP contribution in [0.2, 0.25) is 0 Å². The van der Waals surface area contributed by atoms with Crippen molar-refractivity contribution < 1.29 is 23.0 Å². The number of halogens is 3. The Morgan fingerprint density at radius 2 is 1.96 bits per heavy atom. The van der Waals surface area contributed by atoms with Gasteiger partial charge in [-0.25, -0.2) is 9.98 Å².